The summed E-state index contributed by atoms with van der Waals surface area (Å²) in [4.78, 5) is 37.8. The third kappa shape index (κ3) is 2.46. The molecule has 2 aromatic rings. The summed E-state index contributed by atoms with van der Waals surface area (Å²) in [7, 11) is 3.65. The van der Waals surface area contributed by atoms with Crippen LogP contribution in [0, 0.1) is 0 Å². The van der Waals surface area contributed by atoms with Crippen molar-refractivity contribution < 1.29 is 9.59 Å². The highest BCUT2D eigenvalue weighted by atomic mass is 35.5. The van der Waals surface area contributed by atoms with E-state index in [1.54, 1.807) is 41.4 Å². The van der Waals surface area contributed by atoms with Gasteiger partial charge < -0.3 is 4.90 Å². The number of likely N-dealkylation sites (tertiary alicyclic amines) is 1. The molecule has 3 atom stereocenters. The summed E-state index contributed by atoms with van der Waals surface area (Å²) in [6.07, 6.45) is 5.08. The van der Waals surface area contributed by atoms with Gasteiger partial charge in [0.2, 0.25) is 5.91 Å². The average Bonchev–Trinajstić information content (AvgIpc) is 3.28. The number of rotatable bonds is 3. The molecule has 3 aliphatic rings. The summed E-state index contributed by atoms with van der Waals surface area (Å²) in [5, 5.41) is 0.517. The number of likely N-dealkylation sites (N-methyl/N-ethyl adjacent to an activating group) is 2. The number of thiocarbonyl (C=S) groups is 1. The van der Waals surface area contributed by atoms with E-state index in [9.17, 15) is 9.59 Å². The van der Waals surface area contributed by atoms with E-state index in [0.29, 0.717) is 22.4 Å². The second-order valence-electron chi connectivity index (χ2n) is 8.26. The van der Waals surface area contributed by atoms with Crippen molar-refractivity contribution in [3.05, 3.63) is 71.5 Å². The van der Waals surface area contributed by atoms with Crippen LogP contribution in [0.5, 0.6) is 0 Å². The number of carbonyl (C=O) groups excluding carboxylic acids is 2. The molecule has 1 aromatic carbocycles. The number of fused-ring (bicyclic) bond motifs is 3. The van der Waals surface area contributed by atoms with E-state index >= 15 is 0 Å². The topological polar surface area (TPSA) is 56.8 Å². The van der Waals surface area contributed by atoms with Crippen LogP contribution in [0.3, 0.4) is 0 Å². The van der Waals surface area contributed by atoms with E-state index in [1.807, 2.05) is 36.2 Å². The van der Waals surface area contributed by atoms with E-state index in [4.69, 9.17) is 23.8 Å². The minimum absolute atomic E-state index is 0.155. The fourth-order valence-corrected chi connectivity index (χ4v) is 7.87. The van der Waals surface area contributed by atoms with Gasteiger partial charge in [0.1, 0.15) is 9.07 Å². The lowest BCUT2D eigenvalue weighted by molar-refractivity contribution is -0.138. The van der Waals surface area contributed by atoms with E-state index in [-0.39, 0.29) is 17.7 Å². The molecule has 3 aliphatic heterocycles. The fraction of sp³-hybridized carbons (Fsp3) is 0.304. The van der Waals surface area contributed by atoms with Gasteiger partial charge in [0.05, 0.1) is 0 Å². The van der Waals surface area contributed by atoms with Gasteiger partial charge in [-0.25, -0.2) is 0 Å². The largest absolute Gasteiger partial charge is 0.313 e. The van der Waals surface area contributed by atoms with Crippen molar-refractivity contribution in [1.29, 1.82) is 0 Å². The third-order valence-corrected chi connectivity index (χ3v) is 9.01. The van der Waals surface area contributed by atoms with E-state index in [0.717, 1.165) is 16.8 Å². The number of aromatic nitrogens is 1. The molecule has 2 fully saturated rings. The van der Waals surface area contributed by atoms with Crippen LogP contribution in [0.2, 0.25) is 5.02 Å². The lowest BCUT2D eigenvalue weighted by atomic mass is 9.72. The Hall–Kier alpha value is -2.26. The Morgan fingerprint density at radius 1 is 1.25 bits per heavy atom. The lowest BCUT2D eigenvalue weighted by Gasteiger charge is -2.42. The molecule has 0 aliphatic carbocycles. The van der Waals surface area contributed by atoms with Crippen molar-refractivity contribution in [3.8, 4) is 0 Å². The molecule has 0 bridgehead atoms. The summed E-state index contributed by atoms with van der Waals surface area (Å²) >= 11 is 13.4. The van der Waals surface area contributed by atoms with Crippen LogP contribution in [0.1, 0.15) is 17.0 Å². The van der Waals surface area contributed by atoms with Crippen molar-refractivity contribution in [2.24, 2.45) is 0 Å². The predicted molar refractivity (Wildman–Crippen MR) is 131 cm³/mol. The molecular formula is C23H21ClN4O2S2. The van der Waals surface area contributed by atoms with Crippen molar-refractivity contribution in [1.82, 2.24) is 14.8 Å². The van der Waals surface area contributed by atoms with E-state index < -0.39 is 10.3 Å². The Bertz CT molecular complexity index is 1180. The van der Waals surface area contributed by atoms with Gasteiger partial charge in [-0.05, 0) is 42.9 Å². The number of anilines is 1. The van der Waals surface area contributed by atoms with Crippen molar-refractivity contribution in [2.75, 3.05) is 32.1 Å². The van der Waals surface area contributed by atoms with E-state index in [2.05, 4.69) is 11.6 Å². The van der Waals surface area contributed by atoms with Gasteiger partial charge in [0.25, 0.3) is 5.91 Å². The first-order valence-electron chi connectivity index (χ1n) is 10.2. The average molecular weight is 485 g/mol. The molecule has 5 rings (SSSR count). The Morgan fingerprint density at radius 3 is 2.66 bits per heavy atom. The van der Waals surface area contributed by atoms with Gasteiger partial charge in [-0.1, -0.05) is 41.7 Å². The van der Waals surface area contributed by atoms with Crippen LogP contribution < -0.4 is 4.90 Å². The molecule has 2 amide bonds. The number of hydrogen-bond donors (Lipinski definition) is 0. The Labute approximate surface area is 201 Å². The maximum atomic E-state index is 14.3. The third-order valence-electron chi connectivity index (χ3n) is 6.83. The number of nitrogens with zero attached hydrogens (tertiary/aromatic N) is 4. The Balaban J connectivity index is 1.85. The molecule has 9 heteroatoms. The molecule has 0 radical (unpaired) electrons. The minimum atomic E-state index is -1.25. The molecule has 2 saturated heterocycles. The Morgan fingerprint density at radius 2 is 1.97 bits per heavy atom. The molecule has 6 nitrogen and oxygen atoms in total. The predicted octanol–water partition coefficient (Wildman–Crippen LogP) is 3.42. The van der Waals surface area contributed by atoms with Gasteiger partial charge in [0.15, 0.2) is 5.54 Å². The molecule has 0 N–H and O–H groups in total. The highest BCUT2D eigenvalue weighted by Crippen LogP contribution is 2.66. The summed E-state index contributed by atoms with van der Waals surface area (Å²) < 4.78 is -0.737. The molecular weight excluding hydrogens is 464 g/mol. The van der Waals surface area contributed by atoms with Gasteiger partial charge in [-0.3, -0.25) is 24.4 Å². The second-order valence-corrected chi connectivity index (χ2v) is 10.6. The van der Waals surface area contributed by atoms with Gasteiger partial charge >= 0.3 is 0 Å². The highest BCUT2D eigenvalue weighted by molar-refractivity contribution is 8.25. The highest BCUT2D eigenvalue weighted by Gasteiger charge is 2.78. The van der Waals surface area contributed by atoms with Gasteiger partial charge in [0, 0.05) is 54.7 Å². The van der Waals surface area contributed by atoms with Crippen LogP contribution in [-0.2, 0) is 15.1 Å². The van der Waals surface area contributed by atoms with E-state index in [1.165, 1.54) is 11.8 Å². The molecule has 164 valence electrons. The maximum Gasteiger partial charge on any atom is 0.254 e. The number of pyridine rings is 1. The molecule has 2 spiro atoms. The number of thioether (sulfide) groups is 1. The van der Waals surface area contributed by atoms with Crippen LogP contribution in [0.25, 0.3) is 0 Å². The summed E-state index contributed by atoms with van der Waals surface area (Å²) in [5.41, 5.74) is 1.18. The maximum absolute atomic E-state index is 14.3. The number of halogens is 1. The monoisotopic (exact) mass is 484 g/mol. The zero-order chi connectivity index (χ0) is 22.8. The second kappa shape index (κ2) is 7.38. The number of amides is 2. The molecule has 32 heavy (non-hydrogen) atoms. The van der Waals surface area contributed by atoms with Crippen LogP contribution in [0.15, 0.2) is 55.4 Å². The quantitative estimate of drug-likeness (QED) is 0.491. The summed E-state index contributed by atoms with van der Waals surface area (Å²) in [5.74, 6) is -0.617. The summed E-state index contributed by atoms with van der Waals surface area (Å²) in [6.45, 7) is 4.58. The zero-order valence-electron chi connectivity index (χ0n) is 17.6. The normalized spacial score (nSPS) is 29.6. The van der Waals surface area contributed by atoms with Gasteiger partial charge in [-0.2, -0.15) is 0 Å². The number of carbonyl (C=O) groups is 2. The fourth-order valence-electron chi connectivity index (χ4n) is 5.55. The molecule has 1 aromatic heterocycles. The Kier molecular flexibility index (Phi) is 4.98. The standard InChI is InChI=1S/C23H21ClN4O2S2/c1-4-11-28-20(30)23(32-21(28)31)17(14-7-9-25-10-8-14)13-26(2)22(23)16-12-15(24)5-6-18(16)27(3)19(22)29/h4-10,12,17H,1,11,13H2,2-3H3/t17-,22-,23+/m1/s1. The van der Waals surface area contributed by atoms with Crippen molar-refractivity contribution >= 4 is 57.4 Å². The smallest absolute Gasteiger partial charge is 0.254 e. The lowest BCUT2D eigenvalue weighted by Crippen LogP contribution is -2.62. The van der Waals surface area contributed by atoms with Crippen molar-refractivity contribution in [3.63, 3.8) is 0 Å². The molecule has 0 saturated carbocycles. The summed E-state index contributed by atoms with van der Waals surface area (Å²) in [6, 6.07) is 9.25. The van der Waals surface area contributed by atoms with Gasteiger partial charge in [-0.15, -0.1) is 6.58 Å². The zero-order valence-corrected chi connectivity index (χ0v) is 20.0. The molecule has 0 unspecified atom stereocenters. The SMILES string of the molecule is C=CCN1C(=O)[C@@]2(SC1=S)[C@@H](c1ccncc1)CN(C)[C@]21C(=O)N(C)c2ccc(Cl)cc21. The van der Waals surface area contributed by atoms with Crippen molar-refractivity contribution in [2.45, 2.75) is 16.2 Å². The van der Waals surface area contributed by atoms with Crippen LogP contribution >= 0.6 is 35.6 Å². The first-order valence-corrected chi connectivity index (χ1v) is 11.8. The number of benzene rings is 1. The molecule has 4 heterocycles. The first kappa shape index (κ1) is 21.6. The first-order chi connectivity index (χ1) is 15.3. The van der Waals surface area contributed by atoms with Crippen LogP contribution in [0.4, 0.5) is 5.69 Å². The van der Waals surface area contributed by atoms with Crippen LogP contribution in [-0.4, -0.2) is 62.9 Å². The number of hydrogen-bond acceptors (Lipinski definition) is 6. The minimum Gasteiger partial charge on any atom is -0.313 e.